The molecule has 0 heterocycles. The lowest BCUT2D eigenvalue weighted by Gasteiger charge is -2.48. The Morgan fingerprint density at radius 3 is 2.76 bits per heavy atom. The maximum atomic E-state index is 9.99. The van der Waals surface area contributed by atoms with Gasteiger partial charge < -0.3 is 9.47 Å². The summed E-state index contributed by atoms with van der Waals surface area (Å²) in [6, 6.07) is 2.62. The molecule has 0 aromatic heterocycles. The third-order valence-electron chi connectivity index (χ3n) is 7.34. The number of rotatable bonds is 4. The van der Waals surface area contributed by atoms with Gasteiger partial charge in [0.15, 0.2) is 0 Å². The van der Waals surface area contributed by atoms with Gasteiger partial charge in [-0.15, -0.1) is 6.58 Å². The molecule has 0 N–H and O–H groups in total. The molecular weight excluding hydrogens is 310 g/mol. The molecule has 0 bridgehead atoms. The van der Waals surface area contributed by atoms with Crippen molar-refractivity contribution in [3.05, 3.63) is 24.3 Å². The molecule has 3 aliphatic carbocycles. The predicted molar refractivity (Wildman–Crippen MR) is 99.4 cm³/mol. The summed E-state index contributed by atoms with van der Waals surface area (Å²) in [5, 5.41) is 9.99. The zero-order valence-corrected chi connectivity index (χ0v) is 16.4. The van der Waals surface area contributed by atoms with Crippen molar-refractivity contribution < 1.29 is 9.47 Å². The predicted octanol–water partition coefficient (Wildman–Crippen LogP) is 4.81. The molecule has 3 rings (SSSR count). The number of nitriles is 1. The van der Waals surface area contributed by atoms with Crippen molar-refractivity contribution in [3.8, 4) is 6.07 Å². The first-order valence-corrected chi connectivity index (χ1v) is 9.70. The van der Waals surface area contributed by atoms with Crippen LogP contribution < -0.4 is 0 Å². The fraction of sp³-hybridized carbons (Fsp3) is 0.773. The van der Waals surface area contributed by atoms with Crippen molar-refractivity contribution in [1.29, 1.82) is 5.26 Å². The van der Waals surface area contributed by atoms with Crippen molar-refractivity contribution in [2.45, 2.75) is 46.6 Å². The smallest absolute Gasteiger partial charge is 0.146 e. The summed E-state index contributed by atoms with van der Waals surface area (Å²) >= 11 is 0. The molecule has 0 amide bonds. The van der Waals surface area contributed by atoms with Gasteiger partial charge in [0.1, 0.15) is 6.79 Å². The lowest BCUT2D eigenvalue weighted by Crippen LogP contribution is -2.43. The van der Waals surface area contributed by atoms with Gasteiger partial charge in [0.2, 0.25) is 0 Å². The molecule has 2 saturated carbocycles. The van der Waals surface area contributed by atoms with Gasteiger partial charge in [0.25, 0.3) is 0 Å². The summed E-state index contributed by atoms with van der Waals surface area (Å²) in [6.07, 6.45) is 6.80. The molecule has 3 nitrogen and oxygen atoms in total. The highest BCUT2D eigenvalue weighted by atomic mass is 16.7. The summed E-state index contributed by atoms with van der Waals surface area (Å²) in [5.74, 6) is 2.53. The van der Waals surface area contributed by atoms with E-state index >= 15 is 0 Å². The van der Waals surface area contributed by atoms with Crippen molar-refractivity contribution in [1.82, 2.24) is 0 Å². The lowest BCUT2D eigenvalue weighted by molar-refractivity contribution is -0.124. The molecule has 2 fully saturated rings. The normalized spacial score (nSPS) is 48.9. The Kier molecular flexibility index (Phi) is 5.15. The molecule has 0 spiro atoms. The molecule has 3 heteroatoms. The minimum absolute atomic E-state index is 0.0574. The van der Waals surface area contributed by atoms with Gasteiger partial charge >= 0.3 is 0 Å². The molecular formula is C22H33NO2. The van der Waals surface area contributed by atoms with Crippen LogP contribution in [0.5, 0.6) is 0 Å². The van der Waals surface area contributed by atoms with Crippen molar-refractivity contribution >= 4 is 0 Å². The van der Waals surface area contributed by atoms with Crippen LogP contribution in [0.1, 0.15) is 40.5 Å². The highest BCUT2D eigenvalue weighted by Crippen LogP contribution is 2.66. The summed E-state index contributed by atoms with van der Waals surface area (Å²) in [7, 11) is 1.68. The number of methoxy groups -OCH3 is 1. The second-order valence-corrected chi connectivity index (χ2v) is 9.03. The molecule has 9 atom stereocenters. The number of hydrogen-bond acceptors (Lipinski definition) is 3. The van der Waals surface area contributed by atoms with Gasteiger partial charge in [-0.2, -0.15) is 5.26 Å². The Balaban J connectivity index is 2.11. The van der Waals surface area contributed by atoms with Crippen molar-refractivity contribution in [2.75, 3.05) is 13.9 Å². The van der Waals surface area contributed by atoms with Gasteiger partial charge in [-0.25, -0.2) is 0 Å². The van der Waals surface area contributed by atoms with E-state index in [1.807, 2.05) is 6.08 Å². The number of fused-ring (bicyclic) bond motifs is 3. The van der Waals surface area contributed by atoms with Crippen LogP contribution in [0.2, 0.25) is 0 Å². The minimum atomic E-state index is -0.0574. The fourth-order valence-electron chi connectivity index (χ4n) is 7.05. The quantitative estimate of drug-likeness (QED) is 0.543. The highest BCUT2D eigenvalue weighted by Gasteiger charge is 2.64. The van der Waals surface area contributed by atoms with Crippen LogP contribution in [-0.4, -0.2) is 20.0 Å². The van der Waals surface area contributed by atoms with Crippen molar-refractivity contribution in [2.24, 2.45) is 46.8 Å². The van der Waals surface area contributed by atoms with Gasteiger partial charge in [0.05, 0.1) is 18.1 Å². The lowest BCUT2D eigenvalue weighted by atomic mass is 9.56. The topological polar surface area (TPSA) is 42.2 Å². The molecule has 0 aromatic carbocycles. The maximum Gasteiger partial charge on any atom is 0.146 e. The molecule has 0 aliphatic heterocycles. The van der Waals surface area contributed by atoms with E-state index in [0.717, 1.165) is 5.92 Å². The maximum absolute atomic E-state index is 9.99. The first-order chi connectivity index (χ1) is 11.9. The van der Waals surface area contributed by atoms with E-state index in [1.165, 1.54) is 18.4 Å². The van der Waals surface area contributed by atoms with E-state index in [-0.39, 0.29) is 29.3 Å². The van der Waals surface area contributed by atoms with Crippen LogP contribution in [0.15, 0.2) is 24.3 Å². The Bertz CT molecular complexity index is 591. The highest BCUT2D eigenvalue weighted by molar-refractivity contribution is 5.29. The van der Waals surface area contributed by atoms with Crippen LogP contribution in [-0.2, 0) is 9.47 Å². The van der Waals surface area contributed by atoms with Crippen LogP contribution >= 0.6 is 0 Å². The van der Waals surface area contributed by atoms with E-state index < -0.39 is 0 Å². The van der Waals surface area contributed by atoms with E-state index in [9.17, 15) is 5.26 Å². The molecule has 0 unspecified atom stereocenters. The largest absolute Gasteiger partial charge is 0.359 e. The van der Waals surface area contributed by atoms with E-state index in [0.29, 0.717) is 24.5 Å². The average molecular weight is 344 g/mol. The van der Waals surface area contributed by atoms with Gasteiger partial charge in [-0.3, -0.25) is 0 Å². The second-order valence-electron chi connectivity index (χ2n) is 9.03. The minimum Gasteiger partial charge on any atom is -0.359 e. The summed E-state index contributed by atoms with van der Waals surface area (Å²) in [5.41, 5.74) is 1.63. The summed E-state index contributed by atoms with van der Waals surface area (Å²) in [6.45, 7) is 13.8. The Morgan fingerprint density at radius 2 is 2.16 bits per heavy atom. The van der Waals surface area contributed by atoms with Crippen molar-refractivity contribution in [3.63, 3.8) is 0 Å². The number of nitrogens with zero attached hydrogens (tertiary/aromatic N) is 1. The molecule has 0 saturated heterocycles. The molecule has 0 radical (unpaired) electrons. The van der Waals surface area contributed by atoms with E-state index in [2.05, 4.69) is 46.4 Å². The van der Waals surface area contributed by atoms with Gasteiger partial charge in [-0.1, -0.05) is 38.5 Å². The molecule has 3 aliphatic rings. The second kappa shape index (κ2) is 6.89. The van der Waals surface area contributed by atoms with Gasteiger partial charge in [-0.05, 0) is 48.9 Å². The number of hydrogen-bond donors (Lipinski definition) is 0. The first kappa shape index (κ1) is 18.7. The Morgan fingerprint density at radius 1 is 1.44 bits per heavy atom. The SMILES string of the molecule is C=C[C@@H]1C=C(C)[C@H]2[C@H]([C@H]1C#N)[C@@H](OCOC)[C@@H]1[C@@H](C)C[C@@H](C)C[C@]12C. The molecule has 0 aromatic rings. The van der Waals surface area contributed by atoms with E-state index in [1.54, 1.807) is 7.11 Å². The fourth-order valence-corrected chi connectivity index (χ4v) is 7.05. The monoisotopic (exact) mass is 343 g/mol. The molecule has 25 heavy (non-hydrogen) atoms. The van der Waals surface area contributed by atoms with E-state index in [4.69, 9.17) is 9.47 Å². The Labute approximate surface area is 153 Å². The molecule has 138 valence electrons. The third-order valence-corrected chi connectivity index (χ3v) is 7.34. The van der Waals surface area contributed by atoms with Crippen LogP contribution in [0, 0.1) is 58.2 Å². The van der Waals surface area contributed by atoms with Crippen LogP contribution in [0.25, 0.3) is 0 Å². The standard InChI is InChI=1S/C22H33NO2/c1-7-16-9-15(4)19-18(17(16)11-23)21(25-12-24-6)20-14(3)8-13(2)10-22(19,20)5/h7,9,13-14,16-21H,1,8,10,12H2,2-6H3/t13-,14+,16-,17+,18+,19+,20+,21-,22+/m1/s1. The number of ether oxygens (including phenoxy) is 2. The zero-order chi connectivity index (χ0) is 18.4. The summed E-state index contributed by atoms with van der Waals surface area (Å²) < 4.78 is 11.6. The van der Waals surface area contributed by atoms with Gasteiger partial charge in [0, 0.05) is 18.9 Å². The van der Waals surface area contributed by atoms with Crippen LogP contribution in [0.3, 0.4) is 0 Å². The average Bonchev–Trinajstić information content (AvgIpc) is 2.81. The first-order valence-electron chi connectivity index (χ1n) is 9.70. The summed E-state index contributed by atoms with van der Waals surface area (Å²) in [4.78, 5) is 0. The van der Waals surface area contributed by atoms with Crippen LogP contribution in [0.4, 0.5) is 0 Å². The third kappa shape index (κ3) is 2.78. The number of allylic oxidation sites excluding steroid dienone is 3. The Hall–Kier alpha value is -1.11. The zero-order valence-electron chi connectivity index (χ0n) is 16.4.